The van der Waals surface area contributed by atoms with Crippen LogP contribution in [0.15, 0.2) is 72.8 Å². The lowest BCUT2D eigenvalue weighted by Gasteiger charge is -2.31. The van der Waals surface area contributed by atoms with Gasteiger partial charge in [-0.25, -0.2) is 4.79 Å². The molecule has 0 aliphatic carbocycles. The molecule has 0 aromatic heterocycles. The van der Waals surface area contributed by atoms with Crippen LogP contribution in [0.2, 0.25) is 0 Å². The van der Waals surface area contributed by atoms with Crippen molar-refractivity contribution in [1.82, 2.24) is 0 Å². The number of hydrogen-bond donors (Lipinski definition) is 1. The molecular weight excluding hydrogens is 339 g/mol. The van der Waals surface area contributed by atoms with E-state index in [0.29, 0.717) is 0 Å². The van der Waals surface area contributed by atoms with Crippen LogP contribution >= 0.6 is 6.89 Å². The maximum atomic E-state index is 12.0. The van der Waals surface area contributed by atoms with Gasteiger partial charge in [0.15, 0.2) is 0 Å². The van der Waals surface area contributed by atoms with Crippen molar-refractivity contribution in [3.8, 4) is 0 Å². The van der Waals surface area contributed by atoms with Gasteiger partial charge in [0.2, 0.25) is 0 Å². The molecule has 0 aliphatic heterocycles. The Morgan fingerprint density at radius 2 is 1.00 bits per heavy atom. The largest absolute Gasteiger partial charge is 0.478 e. The molecule has 1 N–H and O–H groups in total. The van der Waals surface area contributed by atoms with E-state index in [-0.39, 0.29) is 0 Å². The van der Waals surface area contributed by atoms with Gasteiger partial charge in [0.1, 0.15) is 0 Å². The van der Waals surface area contributed by atoms with Crippen molar-refractivity contribution in [1.29, 1.82) is 0 Å². The van der Waals surface area contributed by atoms with E-state index < -0.39 is 12.9 Å². The molecule has 26 heavy (non-hydrogen) atoms. The quantitative estimate of drug-likeness (QED) is 0.717. The molecular formula is C23H23O2P. The minimum Gasteiger partial charge on any atom is -0.478 e. The van der Waals surface area contributed by atoms with Crippen molar-refractivity contribution in [2.75, 3.05) is 0 Å². The summed E-state index contributed by atoms with van der Waals surface area (Å²) in [7, 11) is 0. The van der Waals surface area contributed by atoms with E-state index in [0.717, 1.165) is 32.6 Å². The van der Waals surface area contributed by atoms with Crippen LogP contribution in [-0.4, -0.2) is 16.9 Å². The highest BCUT2D eigenvalue weighted by molar-refractivity contribution is 7.95. The summed E-state index contributed by atoms with van der Waals surface area (Å²) in [6.07, 6.45) is 0. The average molecular weight is 362 g/mol. The summed E-state index contributed by atoms with van der Waals surface area (Å²) in [5.41, 5.74) is 3.35. The zero-order valence-electron chi connectivity index (χ0n) is 15.3. The Balaban J connectivity index is 2.58. The molecule has 0 heterocycles. The number of carboxylic acid groups (broad SMARTS) is 1. The zero-order chi connectivity index (χ0) is 18.7. The van der Waals surface area contributed by atoms with E-state index in [4.69, 9.17) is 0 Å². The van der Waals surface area contributed by atoms with Gasteiger partial charge in [0.25, 0.3) is 0 Å². The molecule has 3 rings (SSSR count). The lowest BCUT2D eigenvalue weighted by atomic mass is 10.2. The van der Waals surface area contributed by atoms with E-state index in [9.17, 15) is 9.90 Å². The summed E-state index contributed by atoms with van der Waals surface area (Å²) < 4.78 is 0. The SMILES string of the molecule is Cc1ccccc1P(=CC(=O)O)(c1ccccc1C)c1ccccc1C. The molecule has 0 bridgehead atoms. The fourth-order valence-electron chi connectivity index (χ4n) is 3.64. The smallest absolute Gasteiger partial charge is 0.329 e. The molecule has 0 spiro atoms. The van der Waals surface area contributed by atoms with Gasteiger partial charge in [-0.1, -0.05) is 72.8 Å². The predicted molar refractivity (Wildman–Crippen MR) is 113 cm³/mol. The molecule has 3 heteroatoms. The molecule has 2 nitrogen and oxygen atoms in total. The van der Waals surface area contributed by atoms with Crippen molar-refractivity contribution in [2.24, 2.45) is 0 Å². The van der Waals surface area contributed by atoms with Gasteiger partial charge < -0.3 is 5.11 Å². The van der Waals surface area contributed by atoms with Crippen LogP contribution in [0.4, 0.5) is 0 Å². The Bertz CT molecular complexity index is 900. The Kier molecular flexibility index (Phi) is 5.15. The number of carboxylic acids is 1. The van der Waals surface area contributed by atoms with E-state index in [2.05, 4.69) is 57.2 Å². The lowest BCUT2D eigenvalue weighted by molar-refractivity contribution is -0.128. The molecule has 0 aliphatic rings. The monoisotopic (exact) mass is 362 g/mol. The van der Waals surface area contributed by atoms with Crippen LogP contribution in [0.1, 0.15) is 16.7 Å². The number of benzene rings is 3. The maximum absolute atomic E-state index is 12.0. The molecule has 3 aromatic rings. The minimum absolute atomic E-state index is 0.881. The Morgan fingerprint density at radius 3 is 1.27 bits per heavy atom. The van der Waals surface area contributed by atoms with Crippen LogP contribution < -0.4 is 15.9 Å². The van der Waals surface area contributed by atoms with E-state index in [1.54, 1.807) is 5.80 Å². The van der Waals surface area contributed by atoms with E-state index in [1.807, 2.05) is 36.4 Å². The highest BCUT2D eigenvalue weighted by Gasteiger charge is 2.30. The van der Waals surface area contributed by atoms with Gasteiger partial charge in [-0.2, -0.15) is 0 Å². The third-order valence-corrected chi connectivity index (χ3v) is 9.18. The van der Waals surface area contributed by atoms with Gasteiger partial charge in [0.05, 0.1) is 0 Å². The lowest BCUT2D eigenvalue weighted by Crippen LogP contribution is -2.32. The van der Waals surface area contributed by atoms with Crippen molar-refractivity contribution >= 4 is 34.6 Å². The molecule has 0 saturated heterocycles. The summed E-state index contributed by atoms with van der Waals surface area (Å²) in [4.78, 5) is 12.0. The van der Waals surface area contributed by atoms with Crippen molar-refractivity contribution in [2.45, 2.75) is 20.8 Å². The van der Waals surface area contributed by atoms with Gasteiger partial charge in [-0.3, -0.25) is 0 Å². The second-order valence-electron chi connectivity index (χ2n) is 6.55. The number of carbonyl (C=O) groups is 1. The standard InChI is InChI=1S/C23H23O2P/c1-17-10-4-7-13-20(17)26(16-23(24)25,21-14-8-5-11-18(21)2)22-15-9-6-12-19(22)3/h4-16H,1-3H3,(H,24,25). The predicted octanol–water partition coefficient (Wildman–Crippen LogP) is 3.79. The molecule has 0 unspecified atom stereocenters. The molecule has 0 fully saturated rings. The number of aliphatic carboxylic acids is 1. The van der Waals surface area contributed by atoms with Gasteiger partial charge in [0, 0.05) is 5.80 Å². The first kappa shape index (κ1) is 18.2. The van der Waals surface area contributed by atoms with Crippen molar-refractivity contribution in [3.63, 3.8) is 0 Å². The fourth-order valence-corrected chi connectivity index (χ4v) is 8.02. The topological polar surface area (TPSA) is 37.3 Å². The first-order chi connectivity index (χ1) is 12.5. The third-order valence-electron chi connectivity index (χ3n) is 4.79. The summed E-state index contributed by atoms with van der Waals surface area (Å²) in [5, 5.41) is 13.2. The number of aryl methyl sites for hydroxylation is 3. The van der Waals surface area contributed by atoms with Gasteiger partial charge >= 0.3 is 5.97 Å². The van der Waals surface area contributed by atoms with Gasteiger partial charge in [-0.05, 0) is 60.3 Å². The minimum atomic E-state index is -2.45. The molecule has 3 aromatic carbocycles. The highest BCUT2D eigenvalue weighted by atomic mass is 31.2. The van der Waals surface area contributed by atoms with Crippen LogP contribution in [0.25, 0.3) is 0 Å². The van der Waals surface area contributed by atoms with Crippen LogP contribution in [0.5, 0.6) is 0 Å². The molecule has 0 atom stereocenters. The fraction of sp³-hybridized carbons (Fsp3) is 0.130. The zero-order valence-corrected chi connectivity index (χ0v) is 16.2. The Labute approximate surface area is 155 Å². The molecule has 0 amide bonds. The van der Waals surface area contributed by atoms with E-state index in [1.165, 1.54) is 0 Å². The van der Waals surface area contributed by atoms with Gasteiger partial charge in [-0.15, -0.1) is 0 Å². The molecule has 132 valence electrons. The summed E-state index contributed by atoms with van der Waals surface area (Å²) >= 11 is 0. The molecule has 0 radical (unpaired) electrons. The maximum Gasteiger partial charge on any atom is 0.329 e. The van der Waals surface area contributed by atoms with Crippen molar-refractivity contribution in [3.05, 3.63) is 89.5 Å². The molecule has 0 saturated carbocycles. The van der Waals surface area contributed by atoms with Crippen molar-refractivity contribution < 1.29 is 9.90 Å². The number of rotatable bonds is 4. The average Bonchev–Trinajstić information content (AvgIpc) is 2.61. The first-order valence-corrected chi connectivity index (χ1v) is 10.5. The third kappa shape index (κ3) is 3.13. The second-order valence-corrected chi connectivity index (χ2v) is 9.70. The van der Waals surface area contributed by atoms with Crippen LogP contribution in [0, 0.1) is 20.8 Å². The summed E-state index contributed by atoms with van der Waals surface area (Å²) in [6.45, 7) is 3.75. The second kappa shape index (κ2) is 7.35. The Hall–Kier alpha value is -2.57. The summed E-state index contributed by atoms with van der Waals surface area (Å²) in [5.74, 6) is 0.674. The van der Waals surface area contributed by atoms with Crippen LogP contribution in [-0.2, 0) is 4.79 Å². The number of hydrogen-bond acceptors (Lipinski definition) is 1. The van der Waals surface area contributed by atoms with E-state index >= 15 is 0 Å². The highest BCUT2D eigenvalue weighted by Crippen LogP contribution is 2.46. The normalized spacial score (nSPS) is 11.2. The first-order valence-electron chi connectivity index (χ1n) is 8.63. The Morgan fingerprint density at radius 1 is 0.692 bits per heavy atom. The summed E-state index contributed by atoms with van der Waals surface area (Å²) in [6, 6.07) is 24.5. The van der Waals surface area contributed by atoms with Crippen LogP contribution in [0.3, 0.4) is 0 Å².